The van der Waals surface area contributed by atoms with Crippen LogP contribution in [0, 0.1) is 12.7 Å². The van der Waals surface area contributed by atoms with Gasteiger partial charge < -0.3 is 5.32 Å². The van der Waals surface area contributed by atoms with Crippen molar-refractivity contribution < 1.29 is 9.18 Å². The lowest BCUT2D eigenvalue weighted by Crippen LogP contribution is -2.11. The number of hydrogen-bond acceptors (Lipinski definition) is 2. The summed E-state index contributed by atoms with van der Waals surface area (Å²) in [5.74, 6) is -0.702. The zero-order valence-corrected chi connectivity index (χ0v) is 9.48. The van der Waals surface area contributed by atoms with Crippen LogP contribution in [0.15, 0.2) is 35.7 Å². The Hall–Kier alpha value is -1.68. The van der Waals surface area contributed by atoms with Crippen LogP contribution in [0.3, 0.4) is 0 Å². The average molecular weight is 235 g/mol. The lowest BCUT2D eigenvalue weighted by molar-refractivity contribution is 0.103. The fraction of sp³-hybridized carbons (Fsp3) is 0.0833. The van der Waals surface area contributed by atoms with Crippen LogP contribution >= 0.6 is 11.3 Å². The highest BCUT2D eigenvalue weighted by Gasteiger charge is 2.10. The minimum Gasteiger partial charge on any atom is -0.319 e. The van der Waals surface area contributed by atoms with Crippen molar-refractivity contribution in [2.24, 2.45) is 0 Å². The van der Waals surface area contributed by atoms with E-state index in [0.717, 1.165) is 5.56 Å². The van der Waals surface area contributed by atoms with Gasteiger partial charge in [0.1, 0.15) is 5.82 Å². The molecule has 1 amide bonds. The van der Waals surface area contributed by atoms with Crippen LogP contribution in [-0.4, -0.2) is 5.91 Å². The number of thiophene rings is 1. The highest BCUT2D eigenvalue weighted by molar-refractivity contribution is 7.12. The summed E-state index contributed by atoms with van der Waals surface area (Å²) in [5, 5.41) is 4.42. The third-order valence-electron chi connectivity index (χ3n) is 2.08. The van der Waals surface area contributed by atoms with Gasteiger partial charge in [0.15, 0.2) is 0 Å². The van der Waals surface area contributed by atoms with Crippen molar-refractivity contribution in [3.8, 4) is 0 Å². The van der Waals surface area contributed by atoms with Gasteiger partial charge in [-0.15, -0.1) is 11.3 Å². The summed E-state index contributed by atoms with van der Waals surface area (Å²) in [5.41, 5.74) is 1.24. The van der Waals surface area contributed by atoms with Crippen molar-refractivity contribution in [2.45, 2.75) is 6.92 Å². The monoisotopic (exact) mass is 235 g/mol. The van der Waals surface area contributed by atoms with E-state index in [9.17, 15) is 9.18 Å². The van der Waals surface area contributed by atoms with Crippen LogP contribution in [0.4, 0.5) is 10.1 Å². The highest BCUT2D eigenvalue weighted by atomic mass is 32.1. The molecule has 4 heteroatoms. The molecule has 0 bridgehead atoms. The Morgan fingerprint density at radius 1 is 1.38 bits per heavy atom. The Labute approximate surface area is 96.7 Å². The van der Waals surface area contributed by atoms with E-state index in [1.165, 1.54) is 23.5 Å². The smallest absolute Gasteiger partial charge is 0.265 e. The van der Waals surface area contributed by atoms with E-state index >= 15 is 0 Å². The summed E-state index contributed by atoms with van der Waals surface area (Å²) in [4.78, 5) is 12.3. The van der Waals surface area contributed by atoms with E-state index in [0.29, 0.717) is 4.88 Å². The molecule has 1 aromatic heterocycles. The normalized spacial score (nSPS) is 10.1. The number of benzene rings is 1. The predicted octanol–water partition coefficient (Wildman–Crippen LogP) is 3.45. The number of amides is 1. The van der Waals surface area contributed by atoms with Crippen LogP contribution < -0.4 is 5.32 Å². The molecule has 0 saturated heterocycles. The number of para-hydroxylation sites is 1. The molecule has 2 aromatic rings. The molecule has 1 N–H and O–H groups in total. The van der Waals surface area contributed by atoms with Gasteiger partial charge in [-0.1, -0.05) is 12.1 Å². The Morgan fingerprint density at radius 2 is 2.12 bits per heavy atom. The second kappa shape index (κ2) is 4.45. The molecule has 1 heterocycles. The molecule has 16 heavy (non-hydrogen) atoms. The standard InChI is InChI=1S/C12H10FNOS/c1-8-6-11(16-7-8)12(15)14-10-5-3-2-4-9(10)13/h2-7H,1H3,(H,14,15). The molecule has 0 aliphatic carbocycles. The van der Waals surface area contributed by atoms with Crippen LogP contribution in [0.25, 0.3) is 0 Å². The van der Waals surface area contributed by atoms with Gasteiger partial charge >= 0.3 is 0 Å². The molecule has 0 fully saturated rings. The van der Waals surface area contributed by atoms with Crippen molar-refractivity contribution in [1.82, 2.24) is 0 Å². The van der Waals surface area contributed by atoms with E-state index in [-0.39, 0.29) is 11.6 Å². The summed E-state index contributed by atoms with van der Waals surface area (Å²) < 4.78 is 13.3. The quantitative estimate of drug-likeness (QED) is 0.848. The zero-order chi connectivity index (χ0) is 11.5. The Balaban J connectivity index is 2.17. The first-order valence-electron chi connectivity index (χ1n) is 4.78. The number of nitrogens with one attached hydrogen (secondary N) is 1. The van der Waals surface area contributed by atoms with Crippen molar-refractivity contribution in [3.63, 3.8) is 0 Å². The van der Waals surface area contributed by atoms with Crippen molar-refractivity contribution >= 4 is 22.9 Å². The van der Waals surface area contributed by atoms with Crippen molar-refractivity contribution in [1.29, 1.82) is 0 Å². The zero-order valence-electron chi connectivity index (χ0n) is 8.66. The summed E-state index contributed by atoms with van der Waals surface area (Å²) in [6.07, 6.45) is 0. The van der Waals surface area contributed by atoms with Crippen LogP contribution in [0.2, 0.25) is 0 Å². The van der Waals surface area contributed by atoms with E-state index < -0.39 is 5.82 Å². The maximum absolute atomic E-state index is 13.3. The van der Waals surface area contributed by atoms with Gasteiger partial charge in [-0.05, 0) is 36.1 Å². The average Bonchev–Trinajstić information content (AvgIpc) is 2.68. The number of anilines is 1. The van der Waals surface area contributed by atoms with Crippen LogP contribution in [0.1, 0.15) is 15.2 Å². The van der Waals surface area contributed by atoms with Gasteiger partial charge in [0, 0.05) is 0 Å². The lowest BCUT2D eigenvalue weighted by Gasteiger charge is -2.03. The van der Waals surface area contributed by atoms with Crippen molar-refractivity contribution in [2.75, 3.05) is 5.32 Å². The minimum absolute atomic E-state index is 0.207. The van der Waals surface area contributed by atoms with E-state index in [4.69, 9.17) is 0 Å². The number of carbonyl (C=O) groups is 1. The summed E-state index contributed by atoms with van der Waals surface area (Å²) in [7, 11) is 0. The van der Waals surface area contributed by atoms with Gasteiger partial charge in [0.25, 0.3) is 5.91 Å². The van der Waals surface area contributed by atoms with Gasteiger partial charge in [-0.2, -0.15) is 0 Å². The highest BCUT2D eigenvalue weighted by Crippen LogP contribution is 2.17. The second-order valence-corrected chi connectivity index (χ2v) is 4.33. The summed E-state index contributed by atoms with van der Waals surface area (Å²) >= 11 is 1.35. The van der Waals surface area contributed by atoms with Gasteiger partial charge in [0.05, 0.1) is 10.6 Å². The molecule has 0 aliphatic heterocycles. The number of carbonyl (C=O) groups excluding carboxylic acids is 1. The molecule has 2 rings (SSSR count). The molecule has 82 valence electrons. The number of aryl methyl sites for hydroxylation is 1. The van der Waals surface area contributed by atoms with Crippen LogP contribution in [-0.2, 0) is 0 Å². The van der Waals surface area contributed by atoms with Gasteiger partial charge in [-0.25, -0.2) is 4.39 Å². The molecule has 0 atom stereocenters. The summed E-state index contributed by atoms with van der Waals surface area (Å²) in [6.45, 7) is 1.91. The summed E-state index contributed by atoms with van der Waals surface area (Å²) in [6, 6.07) is 7.89. The molecular weight excluding hydrogens is 225 g/mol. The van der Waals surface area contributed by atoms with E-state index in [1.54, 1.807) is 18.2 Å². The first-order chi connectivity index (χ1) is 7.66. The number of halogens is 1. The molecular formula is C12H10FNOS. The van der Waals surface area contributed by atoms with Crippen molar-refractivity contribution in [3.05, 3.63) is 52.0 Å². The Bertz CT molecular complexity index is 521. The molecule has 0 unspecified atom stereocenters. The molecule has 2 nitrogen and oxygen atoms in total. The fourth-order valence-corrected chi connectivity index (χ4v) is 2.09. The number of hydrogen-bond donors (Lipinski definition) is 1. The largest absolute Gasteiger partial charge is 0.319 e. The first kappa shape index (κ1) is 10.8. The maximum atomic E-state index is 13.3. The molecule has 0 aliphatic rings. The van der Waals surface area contributed by atoms with E-state index in [1.807, 2.05) is 12.3 Å². The fourth-order valence-electron chi connectivity index (χ4n) is 1.30. The first-order valence-corrected chi connectivity index (χ1v) is 5.66. The maximum Gasteiger partial charge on any atom is 0.265 e. The Kier molecular flexibility index (Phi) is 3.01. The molecule has 0 saturated carbocycles. The predicted molar refractivity (Wildman–Crippen MR) is 63.4 cm³/mol. The lowest BCUT2D eigenvalue weighted by atomic mass is 10.3. The number of rotatable bonds is 2. The minimum atomic E-state index is -0.427. The SMILES string of the molecule is Cc1csc(C(=O)Nc2ccccc2F)c1. The topological polar surface area (TPSA) is 29.1 Å². The van der Waals surface area contributed by atoms with E-state index in [2.05, 4.69) is 5.32 Å². The molecule has 1 aromatic carbocycles. The molecule has 0 radical (unpaired) electrons. The Morgan fingerprint density at radius 3 is 2.75 bits per heavy atom. The molecule has 0 spiro atoms. The third-order valence-corrected chi connectivity index (χ3v) is 3.12. The second-order valence-electron chi connectivity index (χ2n) is 3.42. The van der Waals surface area contributed by atoms with Gasteiger partial charge in [0.2, 0.25) is 0 Å². The third kappa shape index (κ3) is 2.28. The van der Waals surface area contributed by atoms with Gasteiger partial charge in [-0.3, -0.25) is 4.79 Å². The van der Waals surface area contributed by atoms with Crippen LogP contribution in [0.5, 0.6) is 0 Å².